The van der Waals surface area contributed by atoms with E-state index in [2.05, 4.69) is 16.1 Å². The van der Waals surface area contributed by atoms with E-state index in [0.29, 0.717) is 5.92 Å². The summed E-state index contributed by atoms with van der Waals surface area (Å²) < 4.78 is 0. The molecule has 0 bridgehead atoms. The van der Waals surface area contributed by atoms with E-state index in [9.17, 15) is 0 Å². The van der Waals surface area contributed by atoms with Gasteiger partial charge in [-0.05, 0) is 55.2 Å². The Kier molecular flexibility index (Phi) is 3.15. The minimum Gasteiger partial charge on any atom is -0.265 e. The monoisotopic (exact) mass is 297 g/mol. The molecule has 0 N–H and O–H groups in total. The highest BCUT2D eigenvalue weighted by molar-refractivity contribution is 6.30. The van der Waals surface area contributed by atoms with Crippen molar-refractivity contribution in [3.8, 4) is 0 Å². The van der Waals surface area contributed by atoms with Crippen molar-refractivity contribution in [3.05, 3.63) is 58.9 Å². The van der Waals surface area contributed by atoms with Crippen molar-refractivity contribution in [2.24, 2.45) is 11.0 Å². The fourth-order valence-corrected chi connectivity index (χ4v) is 3.36. The number of pyridine rings is 1. The third-order valence-electron chi connectivity index (χ3n) is 4.37. The van der Waals surface area contributed by atoms with Crippen LogP contribution in [0.25, 0.3) is 0 Å². The lowest BCUT2D eigenvalue weighted by atomic mass is 9.80. The minimum atomic E-state index is 0.587. The maximum atomic E-state index is 5.97. The molecule has 4 heteroatoms. The van der Waals surface area contributed by atoms with Gasteiger partial charge in [0.1, 0.15) is 0 Å². The summed E-state index contributed by atoms with van der Waals surface area (Å²) in [6, 6.07) is 10.0. The van der Waals surface area contributed by atoms with Gasteiger partial charge in [-0.25, -0.2) is 0 Å². The number of aromatic nitrogens is 1. The predicted molar refractivity (Wildman–Crippen MR) is 86.0 cm³/mol. The Morgan fingerprint density at radius 1 is 1.10 bits per heavy atom. The normalized spacial score (nSPS) is 20.5. The summed E-state index contributed by atoms with van der Waals surface area (Å²) in [6.07, 6.45) is 7.31. The van der Waals surface area contributed by atoms with Crippen LogP contribution in [-0.4, -0.2) is 17.2 Å². The van der Waals surface area contributed by atoms with E-state index in [1.54, 1.807) is 0 Å². The number of benzene rings is 1. The van der Waals surface area contributed by atoms with E-state index >= 15 is 0 Å². The Bertz CT molecular complexity index is 693. The van der Waals surface area contributed by atoms with E-state index in [-0.39, 0.29) is 0 Å². The molecule has 0 fully saturated rings. The summed E-state index contributed by atoms with van der Waals surface area (Å²) in [5, 5.41) is 7.78. The molecule has 3 nitrogen and oxygen atoms in total. The molecular formula is C17H16ClN3. The zero-order valence-corrected chi connectivity index (χ0v) is 12.4. The van der Waals surface area contributed by atoms with Crippen molar-refractivity contribution in [2.45, 2.75) is 19.3 Å². The predicted octanol–water partition coefficient (Wildman–Crippen LogP) is 3.91. The molecular weight excluding hydrogens is 282 g/mol. The lowest BCUT2D eigenvalue weighted by molar-refractivity contribution is 0.531. The molecule has 106 valence electrons. The SMILES string of the molecule is Clc1ccc(N2CCC3CCc4cnccc4C3=N2)cc1. The molecule has 1 aliphatic carbocycles. The molecule has 4 rings (SSSR count). The first-order valence-electron chi connectivity index (χ1n) is 7.36. The first kappa shape index (κ1) is 12.8. The molecule has 1 unspecified atom stereocenters. The van der Waals surface area contributed by atoms with Crippen LogP contribution in [0.1, 0.15) is 24.0 Å². The number of rotatable bonds is 1. The summed E-state index contributed by atoms with van der Waals surface area (Å²) in [7, 11) is 0. The Balaban J connectivity index is 1.74. The summed E-state index contributed by atoms with van der Waals surface area (Å²) >= 11 is 5.97. The maximum absolute atomic E-state index is 5.97. The van der Waals surface area contributed by atoms with E-state index < -0.39 is 0 Å². The first-order chi connectivity index (χ1) is 10.3. The topological polar surface area (TPSA) is 28.5 Å². The van der Waals surface area contributed by atoms with Gasteiger partial charge in [0, 0.05) is 35.4 Å². The second-order valence-corrected chi connectivity index (χ2v) is 6.08. The largest absolute Gasteiger partial charge is 0.265 e. The third kappa shape index (κ3) is 2.32. The van der Waals surface area contributed by atoms with Crippen molar-refractivity contribution < 1.29 is 0 Å². The number of nitrogens with zero attached hydrogens (tertiary/aromatic N) is 3. The van der Waals surface area contributed by atoms with E-state index in [1.807, 2.05) is 36.7 Å². The van der Waals surface area contributed by atoms with E-state index in [0.717, 1.165) is 30.1 Å². The fraction of sp³-hybridized carbons (Fsp3) is 0.294. The number of anilines is 1. The number of hydrogen-bond acceptors (Lipinski definition) is 3. The lowest BCUT2D eigenvalue weighted by Crippen LogP contribution is -2.35. The maximum Gasteiger partial charge on any atom is 0.0717 e. The molecule has 0 saturated heterocycles. The van der Waals surface area contributed by atoms with Crippen molar-refractivity contribution >= 4 is 23.0 Å². The third-order valence-corrected chi connectivity index (χ3v) is 4.62. The van der Waals surface area contributed by atoms with Crippen LogP contribution in [0, 0.1) is 5.92 Å². The highest BCUT2D eigenvalue weighted by Crippen LogP contribution is 2.32. The molecule has 1 aromatic heterocycles. The summed E-state index contributed by atoms with van der Waals surface area (Å²) in [5.74, 6) is 0.587. The number of hydrogen-bond donors (Lipinski definition) is 0. The van der Waals surface area contributed by atoms with Crippen molar-refractivity contribution in [1.29, 1.82) is 0 Å². The van der Waals surface area contributed by atoms with Gasteiger partial charge in [-0.1, -0.05) is 11.6 Å². The standard InChI is InChI=1S/C17H16ClN3/c18-14-3-5-15(6-4-14)21-10-8-12-1-2-13-11-19-9-7-16(13)17(12)20-21/h3-7,9,11-12H,1-2,8,10H2. The van der Waals surface area contributed by atoms with Crippen LogP contribution in [0.15, 0.2) is 47.8 Å². The second kappa shape index (κ2) is 5.15. The smallest absolute Gasteiger partial charge is 0.0717 e. The molecule has 0 spiro atoms. The van der Waals surface area contributed by atoms with Crippen LogP contribution in [0.3, 0.4) is 0 Å². The van der Waals surface area contributed by atoms with Crippen molar-refractivity contribution in [3.63, 3.8) is 0 Å². The molecule has 0 radical (unpaired) electrons. The summed E-state index contributed by atoms with van der Waals surface area (Å²) in [6.45, 7) is 0.968. The van der Waals surface area contributed by atoms with Crippen molar-refractivity contribution in [2.75, 3.05) is 11.6 Å². The molecule has 1 aromatic carbocycles. The molecule has 0 amide bonds. The van der Waals surface area contributed by atoms with E-state index in [1.165, 1.54) is 23.3 Å². The lowest BCUT2D eigenvalue weighted by Gasteiger charge is -2.34. The Labute approximate surface area is 129 Å². The number of halogens is 1. The van der Waals surface area contributed by atoms with Gasteiger partial charge >= 0.3 is 0 Å². The highest BCUT2D eigenvalue weighted by atomic mass is 35.5. The van der Waals surface area contributed by atoms with Crippen molar-refractivity contribution in [1.82, 2.24) is 4.98 Å². The Hall–Kier alpha value is -1.87. The zero-order valence-electron chi connectivity index (χ0n) is 11.7. The Morgan fingerprint density at radius 3 is 2.81 bits per heavy atom. The van der Waals surface area contributed by atoms with E-state index in [4.69, 9.17) is 16.7 Å². The number of aryl methyl sites for hydroxylation is 1. The van der Waals surface area contributed by atoms with Gasteiger partial charge in [0.05, 0.1) is 11.4 Å². The number of hydrazone groups is 1. The second-order valence-electron chi connectivity index (χ2n) is 5.64. The van der Waals surface area contributed by atoms with Crippen LogP contribution >= 0.6 is 11.6 Å². The molecule has 2 aliphatic rings. The number of fused-ring (bicyclic) bond motifs is 3. The van der Waals surface area contributed by atoms with Gasteiger partial charge in [0.25, 0.3) is 0 Å². The van der Waals surface area contributed by atoms with Crippen LogP contribution in [0.5, 0.6) is 0 Å². The molecule has 1 aliphatic heterocycles. The fourth-order valence-electron chi connectivity index (χ4n) is 3.24. The van der Waals surface area contributed by atoms with Gasteiger partial charge in [0.2, 0.25) is 0 Å². The summed E-state index contributed by atoms with van der Waals surface area (Å²) in [5.41, 5.74) is 4.93. The summed E-state index contributed by atoms with van der Waals surface area (Å²) in [4.78, 5) is 4.24. The van der Waals surface area contributed by atoms with Gasteiger partial charge in [-0.2, -0.15) is 5.10 Å². The molecule has 1 atom stereocenters. The first-order valence-corrected chi connectivity index (χ1v) is 7.74. The molecule has 0 saturated carbocycles. The average Bonchev–Trinajstić information content (AvgIpc) is 2.55. The highest BCUT2D eigenvalue weighted by Gasteiger charge is 2.29. The zero-order chi connectivity index (χ0) is 14.2. The minimum absolute atomic E-state index is 0.587. The van der Waals surface area contributed by atoms with Crippen LogP contribution in [0.4, 0.5) is 5.69 Å². The Morgan fingerprint density at radius 2 is 1.95 bits per heavy atom. The average molecular weight is 298 g/mol. The molecule has 2 heterocycles. The van der Waals surface area contributed by atoms with Gasteiger partial charge < -0.3 is 0 Å². The van der Waals surface area contributed by atoms with Crippen LogP contribution in [-0.2, 0) is 6.42 Å². The molecule has 2 aromatic rings. The van der Waals surface area contributed by atoms with Crippen LogP contribution in [0.2, 0.25) is 5.02 Å². The van der Waals surface area contributed by atoms with Gasteiger partial charge in [-0.15, -0.1) is 0 Å². The van der Waals surface area contributed by atoms with Gasteiger partial charge in [-0.3, -0.25) is 9.99 Å². The van der Waals surface area contributed by atoms with Gasteiger partial charge in [0.15, 0.2) is 0 Å². The quantitative estimate of drug-likeness (QED) is 0.798. The van der Waals surface area contributed by atoms with Crippen LogP contribution < -0.4 is 5.01 Å². The molecule has 21 heavy (non-hydrogen) atoms.